The monoisotopic (exact) mass is 358 g/mol. The van der Waals surface area contributed by atoms with E-state index in [0.717, 1.165) is 27.8 Å². The number of hydrogen-bond acceptors (Lipinski definition) is 3. The summed E-state index contributed by atoms with van der Waals surface area (Å²) in [5.74, 6) is 2.31. The topological polar surface area (TPSA) is 31.6 Å². The van der Waals surface area contributed by atoms with E-state index in [-0.39, 0.29) is 5.38 Å². The summed E-state index contributed by atoms with van der Waals surface area (Å²) in [4.78, 5) is 0. The van der Waals surface area contributed by atoms with Crippen LogP contribution in [0.3, 0.4) is 0 Å². The molecule has 2 rings (SSSR count). The first-order valence-electron chi connectivity index (χ1n) is 6.24. The Bertz CT molecular complexity index is 595. The molecule has 1 aromatic heterocycles. The summed E-state index contributed by atoms with van der Waals surface area (Å²) in [6.45, 7) is 2.03. The lowest BCUT2D eigenvalue weighted by Gasteiger charge is -2.16. The van der Waals surface area contributed by atoms with Crippen LogP contribution in [0, 0.1) is 0 Å². The van der Waals surface area contributed by atoms with Crippen molar-refractivity contribution in [1.82, 2.24) is 0 Å². The van der Waals surface area contributed by atoms with Gasteiger partial charge in [-0.2, -0.15) is 0 Å². The molecule has 0 N–H and O–H groups in total. The minimum Gasteiger partial charge on any atom is -0.496 e. The van der Waals surface area contributed by atoms with Crippen LogP contribution in [-0.2, 0) is 6.42 Å². The molecular formula is C15H16BrClO3. The van der Waals surface area contributed by atoms with E-state index in [0.29, 0.717) is 11.5 Å². The SMILES string of the molecule is CCc1occc1C(Cl)c1cc(OC)c(Br)cc1OC. The van der Waals surface area contributed by atoms with Crippen molar-refractivity contribution in [2.45, 2.75) is 18.7 Å². The predicted molar refractivity (Wildman–Crippen MR) is 83.0 cm³/mol. The maximum absolute atomic E-state index is 6.61. The molecule has 1 aromatic carbocycles. The zero-order valence-electron chi connectivity index (χ0n) is 11.6. The minimum atomic E-state index is -0.347. The predicted octanol–water partition coefficient (Wildman–Crippen LogP) is 4.95. The average Bonchev–Trinajstić information content (AvgIpc) is 2.94. The number of hydrogen-bond donors (Lipinski definition) is 0. The van der Waals surface area contributed by atoms with Crippen LogP contribution in [0.2, 0.25) is 0 Å². The van der Waals surface area contributed by atoms with Crippen molar-refractivity contribution in [3.05, 3.63) is 45.8 Å². The van der Waals surface area contributed by atoms with Gasteiger partial charge in [-0.25, -0.2) is 0 Å². The van der Waals surface area contributed by atoms with Crippen LogP contribution in [0.1, 0.15) is 29.2 Å². The molecular weight excluding hydrogens is 344 g/mol. The number of alkyl halides is 1. The number of ether oxygens (including phenoxy) is 2. The van der Waals surface area contributed by atoms with Crippen LogP contribution < -0.4 is 9.47 Å². The lowest BCUT2D eigenvalue weighted by molar-refractivity contribution is 0.397. The Kier molecular flexibility index (Phi) is 5.00. The molecule has 0 saturated carbocycles. The van der Waals surface area contributed by atoms with Crippen molar-refractivity contribution in [3.8, 4) is 11.5 Å². The Balaban J connectivity index is 2.50. The van der Waals surface area contributed by atoms with Gasteiger partial charge in [0.2, 0.25) is 0 Å². The highest BCUT2D eigenvalue weighted by atomic mass is 79.9. The summed E-state index contributed by atoms with van der Waals surface area (Å²) >= 11 is 10.1. The van der Waals surface area contributed by atoms with E-state index >= 15 is 0 Å². The highest BCUT2D eigenvalue weighted by molar-refractivity contribution is 9.10. The van der Waals surface area contributed by atoms with E-state index in [2.05, 4.69) is 15.9 Å². The summed E-state index contributed by atoms with van der Waals surface area (Å²) in [7, 11) is 3.24. The van der Waals surface area contributed by atoms with Crippen LogP contribution >= 0.6 is 27.5 Å². The molecule has 1 unspecified atom stereocenters. The average molecular weight is 360 g/mol. The molecule has 1 atom stereocenters. The largest absolute Gasteiger partial charge is 0.496 e. The Morgan fingerprint density at radius 1 is 1.20 bits per heavy atom. The summed E-state index contributed by atoms with van der Waals surface area (Å²) in [6, 6.07) is 5.63. The lowest BCUT2D eigenvalue weighted by Crippen LogP contribution is -2.00. The molecule has 0 aliphatic carbocycles. The minimum absolute atomic E-state index is 0.347. The summed E-state index contributed by atoms with van der Waals surface area (Å²) < 4.78 is 17.0. The Hall–Kier alpha value is -1.13. The molecule has 0 fully saturated rings. The number of halogens is 2. The number of methoxy groups -OCH3 is 2. The van der Waals surface area contributed by atoms with E-state index in [1.165, 1.54) is 0 Å². The molecule has 2 aromatic rings. The van der Waals surface area contributed by atoms with Crippen molar-refractivity contribution in [2.75, 3.05) is 14.2 Å². The summed E-state index contributed by atoms with van der Waals surface area (Å²) in [5, 5.41) is -0.347. The van der Waals surface area contributed by atoms with Crippen molar-refractivity contribution < 1.29 is 13.9 Å². The number of aryl methyl sites for hydroxylation is 1. The van der Waals surface area contributed by atoms with E-state index in [1.807, 2.05) is 25.1 Å². The van der Waals surface area contributed by atoms with Gasteiger partial charge in [-0.1, -0.05) is 6.92 Å². The molecule has 0 amide bonds. The van der Waals surface area contributed by atoms with Crippen molar-refractivity contribution in [2.24, 2.45) is 0 Å². The Morgan fingerprint density at radius 2 is 1.90 bits per heavy atom. The zero-order chi connectivity index (χ0) is 14.7. The maximum atomic E-state index is 6.61. The first-order chi connectivity index (χ1) is 9.62. The molecule has 108 valence electrons. The quantitative estimate of drug-likeness (QED) is 0.708. The van der Waals surface area contributed by atoms with Gasteiger partial charge in [-0.15, -0.1) is 11.6 Å². The standard InChI is InChI=1S/C15H16BrClO3/c1-4-12-9(5-6-20-12)15(17)10-7-14(19-3)11(16)8-13(10)18-2/h5-8,15H,4H2,1-3H3. The van der Waals surface area contributed by atoms with E-state index < -0.39 is 0 Å². The third kappa shape index (κ3) is 2.81. The van der Waals surface area contributed by atoms with E-state index in [1.54, 1.807) is 20.5 Å². The molecule has 3 nitrogen and oxygen atoms in total. The molecule has 5 heteroatoms. The second kappa shape index (κ2) is 6.55. The number of rotatable bonds is 5. The second-order valence-electron chi connectivity index (χ2n) is 4.24. The molecule has 0 bridgehead atoms. The fraction of sp³-hybridized carbons (Fsp3) is 0.333. The van der Waals surface area contributed by atoms with Gasteiger partial charge >= 0.3 is 0 Å². The van der Waals surface area contributed by atoms with Gasteiger partial charge < -0.3 is 13.9 Å². The van der Waals surface area contributed by atoms with Gasteiger partial charge in [-0.3, -0.25) is 0 Å². The van der Waals surface area contributed by atoms with Crippen LogP contribution in [-0.4, -0.2) is 14.2 Å². The van der Waals surface area contributed by atoms with Crippen molar-refractivity contribution in [3.63, 3.8) is 0 Å². The molecule has 20 heavy (non-hydrogen) atoms. The molecule has 0 aliphatic rings. The zero-order valence-corrected chi connectivity index (χ0v) is 13.9. The highest BCUT2D eigenvalue weighted by Gasteiger charge is 2.22. The number of benzene rings is 1. The van der Waals surface area contributed by atoms with Crippen LogP contribution in [0.5, 0.6) is 11.5 Å². The maximum Gasteiger partial charge on any atom is 0.133 e. The van der Waals surface area contributed by atoms with E-state index in [4.69, 9.17) is 25.5 Å². The highest BCUT2D eigenvalue weighted by Crippen LogP contribution is 2.41. The molecule has 0 radical (unpaired) electrons. The lowest BCUT2D eigenvalue weighted by atomic mass is 10.0. The van der Waals surface area contributed by atoms with Gasteiger partial charge in [0.25, 0.3) is 0 Å². The third-order valence-corrected chi connectivity index (χ3v) is 4.24. The van der Waals surface area contributed by atoms with Gasteiger partial charge in [0.05, 0.1) is 30.3 Å². The normalized spacial score (nSPS) is 12.2. The van der Waals surface area contributed by atoms with Crippen molar-refractivity contribution in [1.29, 1.82) is 0 Å². The third-order valence-electron chi connectivity index (χ3n) is 3.15. The Morgan fingerprint density at radius 3 is 2.50 bits per heavy atom. The van der Waals surface area contributed by atoms with E-state index in [9.17, 15) is 0 Å². The van der Waals surface area contributed by atoms with Crippen LogP contribution in [0.4, 0.5) is 0 Å². The van der Waals surface area contributed by atoms with Gasteiger partial charge in [-0.05, 0) is 34.1 Å². The van der Waals surface area contributed by atoms with Crippen LogP contribution in [0.15, 0.2) is 33.4 Å². The molecule has 0 spiro atoms. The fourth-order valence-electron chi connectivity index (χ4n) is 2.11. The first-order valence-corrected chi connectivity index (χ1v) is 7.47. The smallest absolute Gasteiger partial charge is 0.133 e. The van der Waals surface area contributed by atoms with Gasteiger partial charge in [0, 0.05) is 17.5 Å². The molecule has 0 saturated heterocycles. The van der Waals surface area contributed by atoms with Gasteiger partial charge in [0.1, 0.15) is 17.3 Å². The second-order valence-corrected chi connectivity index (χ2v) is 5.53. The number of furan rings is 1. The first kappa shape index (κ1) is 15.3. The molecule has 1 heterocycles. The van der Waals surface area contributed by atoms with Crippen molar-refractivity contribution >= 4 is 27.5 Å². The summed E-state index contributed by atoms with van der Waals surface area (Å²) in [5.41, 5.74) is 1.81. The van der Waals surface area contributed by atoms with Crippen LogP contribution in [0.25, 0.3) is 0 Å². The molecule has 0 aliphatic heterocycles. The summed E-state index contributed by atoms with van der Waals surface area (Å²) in [6.07, 6.45) is 2.45. The Labute approximate surface area is 132 Å². The fourth-order valence-corrected chi connectivity index (χ4v) is 2.96. The van der Waals surface area contributed by atoms with Gasteiger partial charge in [0.15, 0.2) is 0 Å².